The summed E-state index contributed by atoms with van der Waals surface area (Å²) in [4.78, 5) is 14.1. The molecule has 0 aromatic carbocycles. The van der Waals surface area contributed by atoms with Crippen LogP contribution in [-0.2, 0) is 4.79 Å². The maximum Gasteiger partial charge on any atom is 0.245 e. The molecule has 3 heteroatoms. The van der Waals surface area contributed by atoms with E-state index in [0.29, 0.717) is 0 Å². The quantitative estimate of drug-likeness (QED) is 0.497. The largest absolute Gasteiger partial charge is 0.276 e. The van der Waals surface area contributed by atoms with Crippen LogP contribution < -0.4 is 0 Å². The van der Waals surface area contributed by atoms with E-state index in [2.05, 4.69) is 4.98 Å². The van der Waals surface area contributed by atoms with Gasteiger partial charge in [-0.05, 0) is 35.4 Å². The van der Waals surface area contributed by atoms with Gasteiger partial charge < -0.3 is 0 Å². The number of aromatic nitrogens is 1. The molecule has 0 bridgehead atoms. The van der Waals surface area contributed by atoms with E-state index in [1.807, 2.05) is 0 Å². The van der Waals surface area contributed by atoms with E-state index in [9.17, 15) is 4.79 Å². The minimum absolute atomic E-state index is 0.471. The lowest BCUT2D eigenvalue weighted by atomic mass is 10.2. The number of rotatable bonds is 2. The first-order valence-corrected chi connectivity index (χ1v) is 3.44. The summed E-state index contributed by atoms with van der Waals surface area (Å²) >= 11 is 5.09. The summed E-state index contributed by atoms with van der Waals surface area (Å²) in [5.41, 5.74) is 0.911. The molecule has 56 valence electrons. The van der Waals surface area contributed by atoms with Crippen molar-refractivity contribution in [2.45, 2.75) is 0 Å². The molecular formula is C8H6ClNO. The molecule has 0 N–H and O–H groups in total. The lowest BCUT2D eigenvalue weighted by molar-refractivity contribution is -0.107. The molecule has 2 nitrogen and oxygen atoms in total. The number of nitrogens with zero attached hydrogens (tertiary/aromatic N) is 1. The second kappa shape index (κ2) is 3.88. The topological polar surface area (TPSA) is 30.0 Å². The van der Waals surface area contributed by atoms with Gasteiger partial charge in [0.2, 0.25) is 5.24 Å². The third kappa shape index (κ3) is 2.96. The molecule has 11 heavy (non-hydrogen) atoms. The van der Waals surface area contributed by atoms with Gasteiger partial charge in [0.25, 0.3) is 0 Å². The van der Waals surface area contributed by atoms with Gasteiger partial charge in [-0.2, -0.15) is 0 Å². The van der Waals surface area contributed by atoms with Crippen molar-refractivity contribution < 1.29 is 4.79 Å². The van der Waals surface area contributed by atoms with Crippen LogP contribution in [0.5, 0.6) is 0 Å². The van der Waals surface area contributed by atoms with Crippen molar-refractivity contribution >= 4 is 22.9 Å². The third-order valence-electron chi connectivity index (χ3n) is 1.11. The molecule has 0 unspecified atom stereocenters. The van der Waals surface area contributed by atoms with E-state index in [1.54, 1.807) is 30.6 Å². The molecule has 0 aliphatic carbocycles. The molecule has 0 aliphatic rings. The average Bonchev–Trinajstić information content (AvgIpc) is 2.03. The second-order valence-electron chi connectivity index (χ2n) is 1.92. The van der Waals surface area contributed by atoms with Gasteiger partial charge in [-0.15, -0.1) is 0 Å². The van der Waals surface area contributed by atoms with Crippen molar-refractivity contribution in [2.75, 3.05) is 0 Å². The second-order valence-corrected chi connectivity index (χ2v) is 2.29. The molecule has 0 fully saturated rings. The Morgan fingerprint density at radius 1 is 1.45 bits per heavy atom. The van der Waals surface area contributed by atoms with Gasteiger partial charge in [0.15, 0.2) is 0 Å². The first-order valence-electron chi connectivity index (χ1n) is 3.06. The fraction of sp³-hybridized carbons (Fsp3) is 0. The lowest BCUT2D eigenvalue weighted by Gasteiger charge is -1.87. The summed E-state index contributed by atoms with van der Waals surface area (Å²) in [7, 11) is 0. The standard InChI is InChI=1S/C8H6ClNO/c9-8(11)2-1-7-3-5-10-6-4-7/h1-6H/b2-1+. The van der Waals surface area contributed by atoms with Crippen molar-refractivity contribution in [3.63, 3.8) is 0 Å². The molecule has 0 saturated carbocycles. The summed E-state index contributed by atoms with van der Waals surface area (Å²) in [5, 5.41) is -0.471. The van der Waals surface area contributed by atoms with Gasteiger partial charge in [-0.1, -0.05) is 6.08 Å². The minimum Gasteiger partial charge on any atom is -0.276 e. The maximum atomic E-state index is 10.3. The van der Waals surface area contributed by atoms with Crippen LogP contribution in [0.4, 0.5) is 0 Å². The van der Waals surface area contributed by atoms with Crippen molar-refractivity contribution in [3.05, 3.63) is 36.2 Å². The van der Waals surface area contributed by atoms with Gasteiger partial charge in [0.1, 0.15) is 0 Å². The van der Waals surface area contributed by atoms with Gasteiger partial charge >= 0.3 is 0 Å². The Labute approximate surface area is 69.5 Å². The molecule has 0 atom stereocenters. The molecule has 1 aromatic rings. The molecule has 1 aromatic heterocycles. The van der Waals surface area contributed by atoms with E-state index in [1.165, 1.54) is 6.08 Å². The van der Waals surface area contributed by atoms with Crippen LogP contribution in [0.3, 0.4) is 0 Å². The highest BCUT2D eigenvalue weighted by Gasteiger charge is 1.86. The number of hydrogen-bond acceptors (Lipinski definition) is 2. The van der Waals surface area contributed by atoms with Gasteiger partial charge in [0.05, 0.1) is 0 Å². The van der Waals surface area contributed by atoms with E-state index in [4.69, 9.17) is 11.6 Å². The first-order chi connectivity index (χ1) is 5.29. The van der Waals surface area contributed by atoms with Crippen molar-refractivity contribution in [2.24, 2.45) is 0 Å². The van der Waals surface area contributed by atoms with Crippen molar-refractivity contribution in [1.29, 1.82) is 0 Å². The Balaban J connectivity index is 2.72. The van der Waals surface area contributed by atoms with Crippen LogP contribution in [0.25, 0.3) is 6.08 Å². The number of hydrogen-bond donors (Lipinski definition) is 0. The fourth-order valence-corrected chi connectivity index (χ4v) is 0.699. The highest BCUT2D eigenvalue weighted by atomic mass is 35.5. The summed E-state index contributed by atoms with van der Waals surface area (Å²) in [5.74, 6) is 0. The fourth-order valence-electron chi connectivity index (χ4n) is 0.636. The molecule has 0 aliphatic heterocycles. The van der Waals surface area contributed by atoms with Gasteiger partial charge in [-0.25, -0.2) is 0 Å². The zero-order chi connectivity index (χ0) is 8.10. The van der Waals surface area contributed by atoms with Crippen LogP contribution in [0.1, 0.15) is 5.56 Å². The van der Waals surface area contributed by atoms with E-state index in [-0.39, 0.29) is 0 Å². The molecule has 0 spiro atoms. The number of allylic oxidation sites excluding steroid dienone is 1. The summed E-state index contributed by atoms with van der Waals surface area (Å²) in [6.07, 6.45) is 6.24. The number of carbonyl (C=O) groups excluding carboxylic acids is 1. The predicted octanol–water partition coefficient (Wildman–Crippen LogP) is 1.86. The Hall–Kier alpha value is -1.15. The SMILES string of the molecule is O=C(Cl)/C=C/c1ccncc1. The summed E-state index contributed by atoms with van der Waals surface area (Å²) < 4.78 is 0. The van der Waals surface area contributed by atoms with Crippen molar-refractivity contribution in [1.82, 2.24) is 4.98 Å². The Kier molecular flexibility index (Phi) is 2.81. The van der Waals surface area contributed by atoms with Crippen LogP contribution in [-0.4, -0.2) is 10.2 Å². The summed E-state index contributed by atoms with van der Waals surface area (Å²) in [6.45, 7) is 0. The third-order valence-corrected chi connectivity index (χ3v) is 1.24. The van der Waals surface area contributed by atoms with Gasteiger partial charge in [0, 0.05) is 12.4 Å². The average molecular weight is 168 g/mol. The van der Waals surface area contributed by atoms with Gasteiger partial charge in [-0.3, -0.25) is 9.78 Å². The monoisotopic (exact) mass is 167 g/mol. The Morgan fingerprint density at radius 3 is 2.64 bits per heavy atom. The molecule has 1 rings (SSSR count). The zero-order valence-corrected chi connectivity index (χ0v) is 6.45. The first kappa shape index (κ1) is 7.95. The van der Waals surface area contributed by atoms with E-state index < -0.39 is 5.24 Å². The lowest BCUT2D eigenvalue weighted by Crippen LogP contribution is -1.76. The van der Waals surface area contributed by atoms with Crippen LogP contribution >= 0.6 is 11.6 Å². The molecule has 0 amide bonds. The maximum absolute atomic E-state index is 10.3. The highest BCUT2D eigenvalue weighted by molar-refractivity contribution is 6.66. The van der Waals surface area contributed by atoms with Crippen LogP contribution in [0.15, 0.2) is 30.6 Å². The normalized spacial score (nSPS) is 10.3. The Morgan fingerprint density at radius 2 is 2.09 bits per heavy atom. The number of halogens is 1. The molecule has 0 radical (unpaired) electrons. The van der Waals surface area contributed by atoms with Crippen LogP contribution in [0, 0.1) is 0 Å². The summed E-state index contributed by atoms with van der Waals surface area (Å²) in [6, 6.07) is 3.58. The molecular weight excluding hydrogens is 162 g/mol. The molecule has 1 heterocycles. The van der Waals surface area contributed by atoms with E-state index in [0.717, 1.165) is 5.56 Å². The molecule has 0 saturated heterocycles. The smallest absolute Gasteiger partial charge is 0.245 e. The predicted molar refractivity (Wildman–Crippen MR) is 44.1 cm³/mol. The zero-order valence-electron chi connectivity index (χ0n) is 5.70. The number of carbonyl (C=O) groups is 1. The van der Waals surface area contributed by atoms with Crippen molar-refractivity contribution in [3.8, 4) is 0 Å². The number of pyridine rings is 1. The highest BCUT2D eigenvalue weighted by Crippen LogP contribution is 1.99. The van der Waals surface area contributed by atoms with Crippen LogP contribution in [0.2, 0.25) is 0 Å². The van der Waals surface area contributed by atoms with E-state index >= 15 is 0 Å². The minimum atomic E-state index is -0.471. The Bertz CT molecular complexity index is 269.